The minimum Gasteiger partial charge on any atom is -0.350 e. The van der Waals surface area contributed by atoms with Gasteiger partial charge in [-0.15, -0.1) is 0 Å². The zero-order chi connectivity index (χ0) is 25.9. The highest BCUT2D eigenvalue weighted by Crippen LogP contribution is 2.29. The van der Waals surface area contributed by atoms with Gasteiger partial charge in [0.1, 0.15) is 18.7 Å². The number of rotatable bonds is 9. The van der Waals surface area contributed by atoms with Crippen LogP contribution in [0.25, 0.3) is 22.0 Å². The topological polar surface area (TPSA) is 97.2 Å². The van der Waals surface area contributed by atoms with Gasteiger partial charge >= 0.3 is 0 Å². The van der Waals surface area contributed by atoms with Gasteiger partial charge in [-0.2, -0.15) is 0 Å². The van der Waals surface area contributed by atoms with Gasteiger partial charge in [-0.1, -0.05) is 35.9 Å². The lowest BCUT2D eigenvalue weighted by molar-refractivity contribution is -0.137. The summed E-state index contributed by atoms with van der Waals surface area (Å²) in [5.41, 5.74) is 3.11. The van der Waals surface area contributed by atoms with Gasteiger partial charge in [-0.3, -0.25) is 14.4 Å². The molecule has 1 saturated carbocycles. The number of hydrogen-bond donors (Lipinski definition) is 1. The fourth-order valence-corrected chi connectivity index (χ4v) is 4.50. The van der Waals surface area contributed by atoms with Gasteiger partial charge in [0.15, 0.2) is 6.29 Å². The summed E-state index contributed by atoms with van der Waals surface area (Å²) in [5.74, 6) is -1.21. The van der Waals surface area contributed by atoms with Crippen molar-refractivity contribution < 1.29 is 18.8 Å². The fraction of sp³-hybridized carbons (Fsp3) is 0.222. The van der Waals surface area contributed by atoms with E-state index in [9.17, 15) is 18.8 Å². The van der Waals surface area contributed by atoms with Crippen LogP contribution in [0.15, 0.2) is 61.3 Å². The van der Waals surface area contributed by atoms with Crippen molar-refractivity contribution in [1.82, 2.24) is 24.8 Å². The predicted octanol–water partition coefficient (Wildman–Crippen LogP) is 4.01. The molecule has 2 aromatic carbocycles. The summed E-state index contributed by atoms with van der Waals surface area (Å²) < 4.78 is 15.9. The third kappa shape index (κ3) is 5.36. The predicted molar refractivity (Wildman–Crippen MR) is 136 cm³/mol. The van der Waals surface area contributed by atoms with Gasteiger partial charge in [0, 0.05) is 58.8 Å². The van der Waals surface area contributed by atoms with Crippen LogP contribution in [0.3, 0.4) is 0 Å². The Morgan fingerprint density at radius 2 is 1.95 bits per heavy atom. The molecule has 5 rings (SSSR count). The Bertz CT molecular complexity index is 1490. The highest BCUT2D eigenvalue weighted by Gasteiger charge is 2.34. The number of nitrogens with one attached hydrogen (secondary N) is 1. The molecule has 0 saturated heterocycles. The fourth-order valence-electron chi connectivity index (χ4n) is 4.31. The number of halogens is 2. The lowest BCUT2D eigenvalue weighted by Gasteiger charge is -2.22. The summed E-state index contributed by atoms with van der Waals surface area (Å²) in [6, 6.07) is 10.2. The van der Waals surface area contributed by atoms with Crippen molar-refractivity contribution in [2.24, 2.45) is 0 Å². The lowest BCUT2D eigenvalue weighted by Crippen LogP contribution is -2.43. The van der Waals surface area contributed by atoms with Crippen molar-refractivity contribution in [1.29, 1.82) is 0 Å². The lowest BCUT2D eigenvalue weighted by atomic mass is 10.1. The zero-order valence-electron chi connectivity index (χ0n) is 19.7. The Kier molecular flexibility index (Phi) is 6.96. The normalized spacial score (nSPS) is 12.9. The van der Waals surface area contributed by atoms with Crippen LogP contribution >= 0.6 is 11.6 Å². The third-order valence-corrected chi connectivity index (χ3v) is 6.66. The number of benzene rings is 2. The third-order valence-electron chi connectivity index (χ3n) is 6.37. The first-order chi connectivity index (χ1) is 17.9. The molecule has 0 aliphatic heterocycles. The monoisotopic (exact) mass is 519 g/mol. The molecule has 1 N–H and O–H groups in total. The molecule has 4 aromatic rings. The standard InChI is InChI=1S/C27H23ClFN5O3/c28-23-3-1-2-18(27(23)29)11-32-25(36)13-34(21-5-6-21)26(37)14-33-12-20(15-35)22-7-4-17(8-24(22)33)19-9-30-16-31-10-19/h1-4,7-10,12,15-16,21H,5-6,11,13-14H2,(H,32,36). The average molecular weight is 520 g/mol. The first-order valence-corrected chi connectivity index (χ1v) is 12.1. The first kappa shape index (κ1) is 24.6. The maximum absolute atomic E-state index is 14.1. The van der Waals surface area contributed by atoms with E-state index in [-0.39, 0.29) is 42.2 Å². The number of nitrogens with zero attached hydrogens (tertiary/aromatic N) is 4. The molecule has 0 bridgehead atoms. The molecule has 1 fully saturated rings. The van der Waals surface area contributed by atoms with Crippen molar-refractivity contribution in [3.63, 3.8) is 0 Å². The Morgan fingerprint density at radius 3 is 2.68 bits per heavy atom. The molecule has 0 atom stereocenters. The largest absolute Gasteiger partial charge is 0.350 e. The summed E-state index contributed by atoms with van der Waals surface area (Å²) in [7, 11) is 0. The smallest absolute Gasteiger partial charge is 0.243 e. The van der Waals surface area contributed by atoms with Crippen LogP contribution in [-0.4, -0.2) is 50.1 Å². The number of fused-ring (bicyclic) bond motifs is 1. The van der Waals surface area contributed by atoms with E-state index in [1.807, 2.05) is 18.2 Å². The number of hydrogen-bond acceptors (Lipinski definition) is 5. The van der Waals surface area contributed by atoms with Gasteiger partial charge < -0.3 is 14.8 Å². The Hall–Kier alpha value is -4.11. The van der Waals surface area contributed by atoms with Crippen LogP contribution in [0.1, 0.15) is 28.8 Å². The van der Waals surface area contributed by atoms with Gasteiger partial charge in [0.2, 0.25) is 11.8 Å². The second-order valence-electron chi connectivity index (χ2n) is 8.93. The number of amides is 2. The molecule has 188 valence electrons. The van der Waals surface area contributed by atoms with Crippen LogP contribution in [-0.2, 0) is 22.7 Å². The van der Waals surface area contributed by atoms with Gasteiger partial charge in [0.25, 0.3) is 0 Å². The van der Waals surface area contributed by atoms with Gasteiger partial charge in [0.05, 0.1) is 11.6 Å². The van der Waals surface area contributed by atoms with Crippen molar-refractivity contribution in [2.45, 2.75) is 32.0 Å². The molecule has 1 aliphatic carbocycles. The van der Waals surface area contributed by atoms with Gasteiger partial charge in [-0.05, 0) is 30.5 Å². The van der Waals surface area contributed by atoms with Crippen LogP contribution in [0.2, 0.25) is 5.02 Å². The molecule has 0 spiro atoms. The van der Waals surface area contributed by atoms with Crippen molar-refractivity contribution in [2.75, 3.05) is 6.54 Å². The van der Waals surface area contributed by atoms with Crippen LogP contribution in [0.5, 0.6) is 0 Å². The Morgan fingerprint density at radius 1 is 1.16 bits per heavy atom. The molecule has 2 aromatic heterocycles. The van der Waals surface area contributed by atoms with E-state index >= 15 is 0 Å². The summed E-state index contributed by atoms with van der Waals surface area (Å²) in [5, 5.41) is 3.38. The molecule has 2 amide bonds. The van der Waals surface area contributed by atoms with Crippen LogP contribution < -0.4 is 5.32 Å². The number of carbonyl (C=O) groups excluding carboxylic acids is 3. The highest BCUT2D eigenvalue weighted by molar-refractivity contribution is 6.30. The summed E-state index contributed by atoms with van der Waals surface area (Å²) in [6.07, 6.45) is 8.86. The summed E-state index contributed by atoms with van der Waals surface area (Å²) >= 11 is 5.81. The first-order valence-electron chi connectivity index (χ1n) is 11.8. The Labute approximate surface area is 217 Å². The van der Waals surface area contributed by atoms with Crippen molar-refractivity contribution >= 4 is 40.6 Å². The second kappa shape index (κ2) is 10.5. The van der Waals surface area contributed by atoms with Crippen LogP contribution in [0, 0.1) is 5.82 Å². The van der Waals surface area contributed by atoms with E-state index < -0.39 is 11.7 Å². The van der Waals surface area contributed by atoms with Crippen molar-refractivity contribution in [3.8, 4) is 11.1 Å². The van der Waals surface area contributed by atoms with Crippen LogP contribution in [0.4, 0.5) is 4.39 Å². The Balaban J connectivity index is 1.33. The molecule has 2 heterocycles. The summed E-state index contributed by atoms with van der Waals surface area (Å²) in [6.45, 7) is -0.210. The zero-order valence-corrected chi connectivity index (χ0v) is 20.5. The molecular weight excluding hydrogens is 497 g/mol. The number of aldehydes is 1. The quantitative estimate of drug-likeness (QED) is 0.337. The minimum atomic E-state index is -0.577. The minimum absolute atomic E-state index is 0.0156. The molecule has 1 aliphatic rings. The number of aromatic nitrogens is 3. The highest BCUT2D eigenvalue weighted by atomic mass is 35.5. The van der Waals surface area contributed by atoms with E-state index in [0.29, 0.717) is 11.1 Å². The molecule has 37 heavy (non-hydrogen) atoms. The van der Waals surface area contributed by atoms with E-state index in [1.54, 1.807) is 40.2 Å². The van der Waals surface area contributed by atoms with E-state index in [0.717, 1.165) is 35.6 Å². The molecule has 0 unspecified atom stereocenters. The average Bonchev–Trinajstić information content (AvgIpc) is 3.70. The summed E-state index contributed by atoms with van der Waals surface area (Å²) in [4.78, 5) is 47.3. The molecule has 0 radical (unpaired) electrons. The second-order valence-corrected chi connectivity index (χ2v) is 9.34. The maximum atomic E-state index is 14.1. The molecular formula is C27H23ClFN5O3. The SMILES string of the molecule is O=Cc1cn(CC(=O)N(CC(=O)NCc2cccc(Cl)c2F)C2CC2)c2cc(-c3cncnc3)ccc12. The molecule has 10 heteroatoms. The van der Waals surface area contributed by atoms with E-state index in [1.165, 1.54) is 12.4 Å². The van der Waals surface area contributed by atoms with Gasteiger partial charge in [-0.25, -0.2) is 14.4 Å². The number of carbonyl (C=O) groups is 3. The maximum Gasteiger partial charge on any atom is 0.243 e. The molecule has 8 nitrogen and oxygen atoms in total. The van der Waals surface area contributed by atoms with E-state index in [4.69, 9.17) is 11.6 Å². The van der Waals surface area contributed by atoms with Crippen molar-refractivity contribution in [3.05, 3.63) is 83.3 Å². The van der Waals surface area contributed by atoms with E-state index in [2.05, 4.69) is 15.3 Å².